The summed E-state index contributed by atoms with van der Waals surface area (Å²) in [5.74, 6) is 0.988. The van der Waals surface area contributed by atoms with Gasteiger partial charge in [0.15, 0.2) is 0 Å². The summed E-state index contributed by atoms with van der Waals surface area (Å²) in [6.07, 6.45) is 0.866. The van der Waals surface area contributed by atoms with E-state index in [9.17, 15) is 10.1 Å². The van der Waals surface area contributed by atoms with Crippen molar-refractivity contribution in [3.8, 4) is 23.3 Å². The van der Waals surface area contributed by atoms with Crippen LogP contribution >= 0.6 is 15.9 Å². The van der Waals surface area contributed by atoms with E-state index in [1.165, 1.54) is 0 Å². The third kappa shape index (κ3) is 5.46. The molecule has 0 aliphatic carbocycles. The van der Waals surface area contributed by atoms with Crippen LogP contribution in [-0.2, 0) is 17.6 Å². The molecule has 0 fully saturated rings. The standard InChI is InChI=1S/C22H19BrN2O4/c1-14-20(25-22(29-14)16-2-6-18(23)7-3-16)10-11-28-19-8-4-15(5-9-21(26)27)17(12-19)13-24/h2-4,6-8,12H,5,9-11H2,1H3,(H,26,27). The van der Waals surface area contributed by atoms with E-state index in [0.29, 0.717) is 42.2 Å². The minimum absolute atomic E-state index is 0.0129. The van der Waals surface area contributed by atoms with E-state index in [2.05, 4.69) is 27.0 Å². The summed E-state index contributed by atoms with van der Waals surface area (Å²) >= 11 is 3.41. The topological polar surface area (TPSA) is 96.3 Å². The van der Waals surface area contributed by atoms with Crippen LogP contribution in [0.2, 0.25) is 0 Å². The average molecular weight is 455 g/mol. The summed E-state index contributed by atoms with van der Waals surface area (Å²) in [5, 5.41) is 18.1. The number of nitriles is 1. The predicted octanol–water partition coefficient (Wildman–Crippen LogP) is 4.92. The van der Waals surface area contributed by atoms with Crippen LogP contribution in [0.25, 0.3) is 11.5 Å². The van der Waals surface area contributed by atoms with Crippen LogP contribution in [0.15, 0.2) is 51.4 Å². The Hall–Kier alpha value is -3.11. The number of nitrogens with zero attached hydrogens (tertiary/aromatic N) is 2. The molecule has 0 saturated carbocycles. The molecule has 0 spiro atoms. The van der Waals surface area contributed by atoms with Gasteiger partial charge in [0.05, 0.1) is 23.9 Å². The molecule has 1 N–H and O–H groups in total. The second-order valence-electron chi connectivity index (χ2n) is 6.45. The number of aliphatic carboxylic acids is 1. The van der Waals surface area contributed by atoms with Crippen LogP contribution < -0.4 is 4.74 Å². The highest BCUT2D eigenvalue weighted by molar-refractivity contribution is 9.10. The smallest absolute Gasteiger partial charge is 0.303 e. The molecular weight excluding hydrogens is 436 g/mol. The van der Waals surface area contributed by atoms with Gasteiger partial charge in [-0.05, 0) is 55.3 Å². The Kier molecular flexibility index (Phi) is 6.68. The van der Waals surface area contributed by atoms with Crippen LogP contribution in [0.5, 0.6) is 5.75 Å². The van der Waals surface area contributed by atoms with Crippen LogP contribution in [0.3, 0.4) is 0 Å². The van der Waals surface area contributed by atoms with Crippen molar-refractivity contribution in [3.05, 3.63) is 69.5 Å². The van der Waals surface area contributed by atoms with Gasteiger partial charge >= 0.3 is 5.97 Å². The first-order valence-electron chi connectivity index (χ1n) is 9.06. The minimum atomic E-state index is -0.889. The molecule has 0 bridgehead atoms. The minimum Gasteiger partial charge on any atom is -0.493 e. The van der Waals surface area contributed by atoms with E-state index in [0.717, 1.165) is 21.5 Å². The van der Waals surface area contributed by atoms with Gasteiger partial charge in [-0.1, -0.05) is 22.0 Å². The van der Waals surface area contributed by atoms with Crippen LogP contribution in [0.1, 0.15) is 29.0 Å². The molecule has 0 atom stereocenters. The number of hydrogen-bond donors (Lipinski definition) is 1. The SMILES string of the molecule is Cc1oc(-c2ccc(Br)cc2)nc1CCOc1ccc(CCC(=O)O)c(C#N)c1. The van der Waals surface area contributed by atoms with E-state index in [4.69, 9.17) is 14.3 Å². The molecule has 0 amide bonds. The first-order valence-corrected chi connectivity index (χ1v) is 9.85. The number of ether oxygens (including phenoxy) is 1. The van der Waals surface area contributed by atoms with Crippen molar-refractivity contribution in [1.29, 1.82) is 5.26 Å². The lowest BCUT2D eigenvalue weighted by atomic mass is 10.0. The Balaban J connectivity index is 1.62. The molecule has 0 unspecified atom stereocenters. The van der Waals surface area contributed by atoms with Gasteiger partial charge in [-0.2, -0.15) is 5.26 Å². The van der Waals surface area contributed by atoms with Crippen molar-refractivity contribution >= 4 is 21.9 Å². The van der Waals surface area contributed by atoms with Gasteiger partial charge in [0, 0.05) is 22.9 Å². The third-order valence-corrected chi connectivity index (χ3v) is 4.93. The number of carbonyl (C=O) groups is 1. The van der Waals surface area contributed by atoms with Crippen molar-refractivity contribution in [1.82, 2.24) is 4.98 Å². The van der Waals surface area contributed by atoms with E-state index < -0.39 is 5.97 Å². The van der Waals surface area contributed by atoms with Gasteiger partial charge in [-0.25, -0.2) is 4.98 Å². The number of carboxylic acids is 1. The molecule has 6 nitrogen and oxygen atoms in total. The zero-order chi connectivity index (χ0) is 20.8. The molecule has 3 rings (SSSR count). The third-order valence-electron chi connectivity index (χ3n) is 4.40. The highest BCUT2D eigenvalue weighted by Crippen LogP contribution is 2.24. The van der Waals surface area contributed by atoms with E-state index >= 15 is 0 Å². The lowest BCUT2D eigenvalue weighted by Crippen LogP contribution is -2.04. The summed E-state index contributed by atoms with van der Waals surface area (Å²) < 4.78 is 12.5. The summed E-state index contributed by atoms with van der Waals surface area (Å²) in [5.41, 5.74) is 2.85. The van der Waals surface area contributed by atoms with Crippen molar-refractivity contribution in [2.24, 2.45) is 0 Å². The molecule has 7 heteroatoms. The summed E-state index contributed by atoms with van der Waals surface area (Å²) in [7, 11) is 0. The second-order valence-corrected chi connectivity index (χ2v) is 7.37. The van der Waals surface area contributed by atoms with Crippen molar-refractivity contribution in [2.45, 2.75) is 26.2 Å². The second kappa shape index (κ2) is 9.39. The Bertz CT molecular complexity index is 1050. The fraction of sp³-hybridized carbons (Fsp3) is 0.227. The van der Waals surface area contributed by atoms with Crippen LogP contribution in [0.4, 0.5) is 0 Å². The largest absolute Gasteiger partial charge is 0.493 e. The average Bonchev–Trinajstić information content (AvgIpc) is 3.07. The highest BCUT2D eigenvalue weighted by Gasteiger charge is 2.12. The summed E-state index contributed by atoms with van der Waals surface area (Å²) in [6.45, 7) is 2.25. The van der Waals surface area contributed by atoms with Crippen molar-refractivity contribution in [2.75, 3.05) is 6.61 Å². The number of aryl methyl sites for hydroxylation is 2. The lowest BCUT2D eigenvalue weighted by molar-refractivity contribution is -0.136. The van der Waals surface area contributed by atoms with Gasteiger partial charge in [-0.3, -0.25) is 4.79 Å². The van der Waals surface area contributed by atoms with Gasteiger partial charge in [0.1, 0.15) is 11.5 Å². The normalized spacial score (nSPS) is 10.5. The van der Waals surface area contributed by atoms with E-state index in [1.54, 1.807) is 18.2 Å². The van der Waals surface area contributed by atoms with E-state index in [1.807, 2.05) is 31.2 Å². The number of aromatic nitrogens is 1. The van der Waals surface area contributed by atoms with Gasteiger partial charge in [0.2, 0.25) is 5.89 Å². The molecule has 2 aromatic carbocycles. The number of halogens is 1. The predicted molar refractivity (Wildman–Crippen MR) is 111 cm³/mol. The van der Waals surface area contributed by atoms with Gasteiger partial charge < -0.3 is 14.3 Å². The molecule has 0 radical (unpaired) electrons. The molecule has 1 aromatic heterocycles. The van der Waals surface area contributed by atoms with E-state index in [-0.39, 0.29) is 6.42 Å². The highest BCUT2D eigenvalue weighted by atomic mass is 79.9. The molecule has 1 heterocycles. The quantitative estimate of drug-likeness (QED) is 0.518. The molecule has 29 heavy (non-hydrogen) atoms. The maximum absolute atomic E-state index is 10.7. The zero-order valence-corrected chi connectivity index (χ0v) is 17.4. The van der Waals surface area contributed by atoms with Crippen molar-refractivity contribution in [3.63, 3.8) is 0 Å². The van der Waals surface area contributed by atoms with Gasteiger partial charge in [-0.15, -0.1) is 0 Å². The number of rotatable bonds is 8. The Morgan fingerprint density at radius 3 is 2.69 bits per heavy atom. The van der Waals surface area contributed by atoms with Crippen molar-refractivity contribution < 1.29 is 19.1 Å². The van der Waals surface area contributed by atoms with Gasteiger partial charge in [0.25, 0.3) is 0 Å². The van der Waals surface area contributed by atoms with Crippen LogP contribution in [-0.4, -0.2) is 22.7 Å². The number of oxazole rings is 1. The molecule has 0 saturated heterocycles. The first kappa shape index (κ1) is 20.6. The zero-order valence-electron chi connectivity index (χ0n) is 15.8. The molecule has 0 aliphatic heterocycles. The Labute approximate surface area is 176 Å². The molecule has 148 valence electrons. The maximum atomic E-state index is 10.7. The fourth-order valence-electron chi connectivity index (χ4n) is 2.85. The number of benzene rings is 2. The first-order chi connectivity index (χ1) is 14.0. The number of hydrogen-bond acceptors (Lipinski definition) is 5. The molecule has 3 aromatic rings. The Morgan fingerprint density at radius 2 is 2.00 bits per heavy atom. The summed E-state index contributed by atoms with van der Waals surface area (Å²) in [6, 6.07) is 15.0. The monoisotopic (exact) mass is 454 g/mol. The fourth-order valence-corrected chi connectivity index (χ4v) is 3.11. The summed E-state index contributed by atoms with van der Waals surface area (Å²) in [4.78, 5) is 15.3. The molecule has 0 aliphatic rings. The van der Waals surface area contributed by atoms with Crippen LogP contribution in [0, 0.1) is 18.3 Å². The lowest BCUT2D eigenvalue weighted by Gasteiger charge is -2.08. The molecular formula is C22H19BrN2O4. The Morgan fingerprint density at radius 1 is 1.24 bits per heavy atom. The maximum Gasteiger partial charge on any atom is 0.303 e. The number of carboxylic acid groups (broad SMARTS) is 1.